The summed E-state index contributed by atoms with van der Waals surface area (Å²) < 4.78 is 0. The normalized spacial score (nSPS) is 11.2. The summed E-state index contributed by atoms with van der Waals surface area (Å²) in [5, 5.41) is 10.8. The van der Waals surface area contributed by atoms with Crippen molar-refractivity contribution in [1.82, 2.24) is 0 Å². The molecule has 4 heteroatoms. The van der Waals surface area contributed by atoms with Crippen LogP contribution in [-0.2, 0) is 22.4 Å². The topological polar surface area (TPSA) is 81.8 Å². The van der Waals surface area contributed by atoms with Crippen LogP contribution in [-0.4, -0.2) is 12.2 Å². The highest BCUT2D eigenvalue weighted by atomic mass is 16.1. The van der Waals surface area contributed by atoms with Crippen LogP contribution in [0.5, 0.6) is 0 Å². The lowest BCUT2D eigenvalue weighted by Crippen LogP contribution is -1.90. The summed E-state index contributed by atoms with van der Waals surface area (Å²) in [6.07, 6.45) is 3.54. The van der Waals surface area contributed by atoms with Crippen molar-refractivity contribution < 1.29 is 9.59 Å². The maximum absolute atomic E-state index is 8.35. The second kappa shape index (κ2) is 10.9. The Balaban J connectivity index is 0.000000451. The number of carbonyl (C=O) groups excluding carboxylic acids is 2. The van der Waals surface area contributed by atoms with Gasteiger partial charge in [0, 0.05) is 0 Å². The Hall–Kier alpha value is -5.14. The highest BCUT2D eigenvalue weighted by Crippen LogP contribution is 2.43. The summed E-state index contributed by atoms with van der Waals surface area (Å²) in [7, 11) is 0. The van der Waals surface area contributed by atoms with Crippen molar-refractivity contribution in [3.8, 4) is 44.5 Å². The van der Waals surface area contributed by atoms with Crippen LogP contribution in [0.3, 0.4) is 0 Å². The third-order valence-corrected chi connectivity index (χ3v) is 7.21. The highest BCUT2D eigenvalue weighted by Gasteiger charge is 2.22. The molecule has 0 unspecified atom stereocenters. The summed E-state index contributed by atoms with van der Waals surface area (Å²) in [6.45, 7) is 0. The van der Waals surface area contributed by atoms with Crippen molar-refractivity contribution in [3.05, 3.63) is 131 Å². The lowest BCUT2D eigenvalue weighted by Gasteiger charge is -2.12. The predicted molar refractivity (Wildman–Crippen MR) is 151 cm³/mol. The minimum Gasteiger partial charge on any atom is -0.222 e. The van der Waals surface area contributed by atoms with Crippen LogP contribution < -0.4 is 0 Å². The number of hydrogen-bond donors (Lipinski definition) is 2. The Morgan fingerprint density at radius 2 is 0.737 bits per heavy atom. The molecule has 0 spiro atoms. The highest BCUT2D eigenvalue weighted by molar-refractivity contribution is 5.87. The Kier molecular flexibility index (Phi) is 7.02. The van der Waals surface area contributed by atoms with Gasteiger partial charge in [-0.2, -0.15) is 0 Å². The Morgan fingerprint density at radius 1 is 0.421 bits per heavy atom. The van der Waals surface area contributed by atoms with Crippen molar-refractivity contribution in [1.29, 1.82) is 10.8 Å². The lowest BCUT2D eigenvalue weighted by atomic mass is 9.92. The van der Waals surface area contributed by atoms with E-state index in [0.717, 1.165) is 25.0 Å². The van der Waals surface area contributed by atoms with Gasteiger partial charge in [-0.15, -0.1) is 0 Å². The van der Waals surface area contributed by atoms with Crippen LogP contribution in [0.4, 0.5) is 0 Å². The molecule has 2 N–H and O–H groups in total. The van der Waals surface area contributed by atoms with E-state index in [0.29, 0.717) is 0 Å². The fraction of sp³-hybridized carbons (Fsp3) is 0.0588. The van der Waals surface area contributed by atoms with Gasteiger partial charge in [0.25, 0.3) is 0 Å². The zero-order valence-electron chi connectivity index (χ0n) is 20.6. The van der Waals surface area contributed by atoms with Crippen molar-refractivity contribution in [2.75, 3.05) is 0 Å². The van der Waals surface area contributed by atoms with Gasteiger partial charge in [0.05, 0.1) is 0 Å². The molecule has 2 aliphatic rings. The molecule has 0 aliphatic heterocycles. The van der Waals surface area contributed by atoms with Gasteiger partial charge in [-0.3, -0.25) is 0 Å². The summed E-state index contributed by atoms with van der Waals surface area (Å²) >= 11 is 0. The van der Waals surface area contributed by atoms with Gasteiger partial charge < -0.3 is 0 Å². The first-order chi connectivity index (χ1) is 18.7. The monoisotopic (exact) mass is 492 g/mol. The smallest absolute Gasteiger partial charge is 0.222 e. The average Bonchev–Trinajstić information content (AvgIpc) is 3.53. The van der Waals surface area contributed by atoms with Crippen LogP contribution in [0.15, 0.2) is 109 Å². The summed E-state index contributed by atoms with van der Waals surface area (Å²) in [4.78, 5) is 16.7. The van der Waals surface area contributed by atoms with Crippen LogP contribution in [0.1, 0.15) is 22.3 Å². The van der Waals surface area contributed by atoms with E-state index in [1.54, 1.807) is 0 Å². The van der Waals surface area contributed by atoms with Gasteiger partial charge >= 0.3 is 0 Å². The van der Waals surface area contributed by atoms with E-state index in [-0.39, 0.29) is 0 Å². The van der Waals surface area contributed by atoms with Gasteiger partial charge in [0.2, 0.25) is 12.2 Å². The molecule has 38 heavy (non-hydrogen) atoms. The molecule has 0 aromatic heterocycles. The fourth-order valence-corrected chi connectivity index (χ4v) is 5.68. The number of rotatable bonds is 2. The lowest BCUT2D eigenvalue weighted by molar-refractivity contribution is 0.562. The van der Waals surface area contributed by atoms with Gasteiger partial charge in [0.1, 0.15) is 0 Å². The SMILES string of the molecule is N=C=O.N=C=O.c1ccc2c(c1)Cc1c(-c3ccc(-c4cccc5c4Cc4ccccc4-5)cc3)cccc1-2. The first kappa shape index (κ1) is 24.5. The molecule has 0 saturated carbocycles. The zero-order valence-corrected chi connectivity index (χ0v) is 20.6. The molecule has 4 nitrogen and oxygen atoms in total. The number of nitrogens with one attached hydrogen (secondary N) is 2. The van der Waals surface area contributed by atoms with Gasteiger partial charge in [0.15, 0.2) is 0 Å². The first-order valence-electron chi connectivity index (χ1n) is 12.3. The molecule has 7 rings (SSSR count). The van der Waals surface area contributed by atoms with E-state index in [1.807, 2.05) is 0 Å². The van der Waals surface area contributed by atoms with Crippen molar-refractivity contribution in [3.63, 3.8) is 0 Å². The third-order valence-electron chi connectivity index (χ3n) is 7.21. The molecule has 2 aliphatic carbocycles. The van der Waals surface area contributed by atoms with Crippen molar-refractivity contribution in [2.45, 2.75) is 12.8 Å². The quantitative estimate of drug-likeness (QED) is 0.190. The van der Waals surface area contributed by atoms with E-state index in [9.17, 15) is 0 Å². The van der Waals surface area contributed by atoms with E-state index >= 15 is 0 Å². The Labute approximate surface area is 221 Å². The molecule has 0 saturated heterocycles. The molecular formula is C34H24N2O2. The molecule has 0 amide bonds. The second-order valence-corrected chi connectivity index (χ2v) is 9.11. The first-order valence-corrected chi connectivity index (χ1v) is 12.3. The largest absolute Gasteiger partial charge is 0.231 e. The Bertz CT molecular complexity index is 1580. The van der Waals surface area contributed by atoms with E-state index in [2.05, 4.69) is 109 Å². The minimum absolute atomic E-state index is 0.750. The summed E-state index contributed by atoms with van der Waals surface area (Å²) in [5.41, 5.74) is 16.7. The molecule has 182 valence electrons. The number of fused-ring (bicyclic) bond motifs is 6. The standard InChI is InChI=1S/C32H22.2CHNO/c1-3-9-27-23(7-1)19-31-25(11-5-13-29(27)31)21-15-17-22(18-16-21)26-12-6-14-30-28-10-4-2-8-24(28)20-32(26)30;2*2-1-3/h1-18H,19-20H2;2*2H. The molecule has 0 fully saturated rings. The van der Waals surface area contributed by atoms with Gasteiger partial charge in [-0.25, -0.2) is 20.4 Å². The van der Waals surface area contributed by atoms with Crippen molar-refractivity contribution >= 4 is 12.2 Å². The maximum atomic E-state index is 8.35. The molecule has 0 heterocycles. The molecular weight excluding hydrogens is 468 g/mol. The fourth-order valence-electron chi connectivity index (χ4n) is 5.68. The maximum Gasteiger partial charge on any atom is 0.231 e. The van der Waals surface area contributed by atoms with Gasteiger partial charge in [-0.1, -0.05) is 109 Å². The van der Waals surface area contributed by atoms with Crippen molar-refractivity contribution in [2.24, 2.45) is 0 Å². The molecule has 0 radical (unpaired) electrons. The minimum atomic E-state index is 0.750. The number of hydrogen-bond acceptors (Lipinski definition) is 4. The zero-order chi connectivity index (χ0) is 26.5. The number of benzene rings is 5. The molecule has 0 bridgehead atoms. The predicted octanol–water partition coefficient (Wildman–Crippen LogP) is 7.96. The average molecular weight is 493 g/mol. The third kappa shape index (κ3) is 4.42. The number of isocyanates is 2. The van der Waals surface area contributed by atoms with E-state index in [1.165, 1.54) is 66.8 Å². The van der Waals surface area contributed by atoms with Crippen LogP contribution >= 0.6 is 0 Å². The van der Waals surface area contributed by atoms with Crippen LogP contribution in [0.2, 0.25) is 0 Å². The second-order valence-electron chi connectivity index (χ2n) is 9.11. The Morgan fingerprint density at radius 3 is 1.13 bits per heavy atom. The van der Waals surface area contributed by atoms with E-state index in [4.69, 9.17) is 20.4 Å². The summed E-state index contributed by atoms with van der Waals surface area (Å²) in [6, 6.07) is 40.3. The molecule has 5 aromatic carbocycles. The van der Waals surface area contributed by atoms with Crippen LogP contribution in [0.25, 0.3) is 44.5 Å². The van der Waals surface area contributed by atoms with Gasteiger partial charge in [-0.05, 0) is 79.6 Å². The molecule has 0 atom stereocenters. The van der Waals surface area contributed by atoms with Crippen LogP contribution in [0, 0.1) is 10.8 Å². The van der Waals surface area contributed by atoms with E-state index < -0.39 is 0 Å². The summed E-state index contributed by atoms with van der Waals surface area (Å²) in [5.74, 6) is 0. The molecule has 5 aromatic rings.